The van der Waals surface area contributed by atoms with Crippen molar-refractivity contribution in [3.8, 4) is 0 Å². The standard InChI is InChI=1S/C19H28BrN7O2/c20-15-3-1-14(2-4-15)13-23-18-25-17(26-19(27-18)24-16-5-6-16)22-8-10-29-12-11-28-9-7-21/h1-4,16H,5-13,21H2,(H3,22,23,24,25,26,27). The molecule has 0 atom stereocenters. The zero-order valence-electron chi connectivity index (χ0n) is 16.4. The summed E-state index contributed by atoms with van der Waals surface area (Å²) in [5.74, 6) is 1.63. The smallest absolute Gasteiger partial charge is 0.229 e. The SMILES string of the molecule is NCCOCCOCCNc1nc(NCc2ccc(Br)cc2)nc(NC2CC2)n1. The Morgan fingerprint density at radius 1 is 0.897 bits per heavy atom. The van der Waals surface area contributed by atoms with E-state index < -0.39 is 0 Å². The van der Waals surface area contributed by atoms with Gasteiger partial charge in [0.25, 0.3) is 0 Å². The normalized spacial score (nSPS) is 13.3. The van der Waals surface area contributed by atoms with Gasteiger partial charge in [0.05, 0.1) is 26.4 Å². The average Bonchev–Trinajstić information content (AvgIpc) is 3.53. The van der Waals surface area contributed by atoms with Crippen molar-refractivity contribution in [2.24, 2.45) is 5.73 Å². The second-order valence-electron chi connectivity index (χ2n) is 6.65. The summed E-state index contributed by atoms with van der Waals surface area (Å²) in [5.41, 5.74) is 6.51. The first kappa shape index (κ1) is 21.7. The van der Waals surface area contributed by atoms with Crippen molar-refractivity contribution >= 4 is 33.8 Å². The zero-order chi connectivity index (χ0) is 20.3. The number of rotatable bonds is 14. The van der Waals surface area contributed by atoms with Crippen molar-refractivity contribution in [1.82, 2.24) is 15.0 Å². The molecule has 9 nitrogen and oxygen atoms in total. The monoisotopic (exact) mass is 465 g/mol. The van der Waals surface area contributed by atoms with E-state index in [1.54, 1.807) is 0 Å². The fourth-order valence-electron chi connectivity index (χ4n) is 2.43. The zero-order valence-corrected chi connectivity index (χ0v) is 18.0. The Morgan fingerprint density at radius 2 is 1.55 bits per heavy atom. The number of aromatic nitrogens is 3. The van der Waals surface area contributed by atoms with E-state index in [2.05, 4.69) is 59.0 Å². The third kappa shape index (κ3) is 8.48. The van der Waals surface area contributed by atoms with Crippen LogP contribution in [0.25, 0.3) is 0 Å². The Labute approximate surface area is 179 Å². The highest BCUT2D eigenvalue weighted by Crippen LogP contribution is 2.23. The highest BCUT2D eigenvalue weighted by atomic mass is 79.9. The fourth-order valence-corrected chi connectivity index (χ4v) is 2.70. The molecule has 1 fully saturated rings. The second-order valence-corrected chi connectivity index (χ2v) is 7.56. The van der Waals surface area contributed by atoms with Crippen LogP contribution in [0.15, 0.2) is 28.7 Å². The third-order valence-corrected chi connectivity index (χ3v) is 4.60. The van der Waals surface area contributed by atoms with Gasteiger partial charge < -0.3 is 31.2 Å². The fraction of sp³-hybridized carbons (Fsp3) is 0.526. The van der Waals surface area contributed by atoms with Gasteiger partial charge in [-0.25, -0.2) is 0 Å². The first-order valence-corrected chi connectivity index (χ1v) is 10.6. The van der Waals surface area contributed by atoms with E-state index in [1.807, 2.05) is 12.1 Å². The van der Waals surface area contributed by atoms with Crippen LogP contribution in [0.5, 0.6) is 0 Å². The molecule has 5 N–H and O–H groups in total. The molecule has 1 saturated carbocycles. The summed E-state index contributed by atoms with van der Waals surface area (Å²) in [6.07, 6.45) is 2.30. The van der Waals surface area contributed by atoms with Crippen LogP contribution < -0.4 is 21.7 Å². The molecule has 10 heteroatoms. The molecule has 1 aliphatic rings. The molecule has 3 rings (SSSR count). The highest BCUT2D eigenvalue weighted by Gasteiger charge is 2.22. The van der Waals surface area contributed by atoms with Crippen LogP contribution in [0, 0.1) is 0 Å². The van der Waals surface area contributed by atoms with E-state index in [9.17, 15) is 0 Å². The number of nitrogens with one attached hydrogen (secondary N) is 3. The van der Waals surface area contributed by atoms with Gasteiger partial charge in [-0.3, -0.25) is 0 Å². The first-order valence-electron chi connectivity index (χ1n) is 9.83. The Balaban J connectivity index is 1.49. The number of nitrogens with zero attached hydrogens (tertiary/aromatic N) is 3. The molecule has 1 heterocycles. The van der Waals surface area contributed by atoms with Crippen LogP contribution in [0.4, 0.5) is 17.8 Å². The quantitative estimate of drug-likeness (QED) is 0.311. The predicted octanol–water partition coefficient (Wildman–Crippen LogP) is 2.22. The minimum Gasteiger partial charge on any atom is -0.378 e. The average molecular weight is 466 g/mol. The maximum atomic E-state index is 5.52. The molecule has 2 aromatic rings. The molecule has 29 heavy (non-hydrogen) atoms. The largest absolute Gasteiger partial charge is 0.378 e. The highest BCUT2D eigenvalue weighted by molar-refractivity contribution is 9.10. The van der Waals surface area contributed by atoms with Crippen molar-refractivity contribution in [2.45, 2.75) is 25.4 Å². The number of benzene rings is 1. The summed E-state index contributed by atoms with van der Waals surface area (Å²) >= 11 is 3.45. The Hall–Kier alpha value is -2.01. The lowest BCUT2D eigenvalue weighted by atomic mass is 10.2. The maximum Gasteiger partial charge on any atom is 0.229 e. The molecular weight excluding hydrogens is 438 g/mol. The number of hydrogen-bond donors (Lipinski definition) is 4. The van der Waals surface area contributed by atoms with E-state index in [-0.39, 0.29) is 0 Å². The van der Waals surface area contributed by atoms with E-state index in [0.717, 1.165) is 22.9 Å². The summed E-state index contributed by atoms with van der Waals surface area (Å²) in [6, 6.07) is 8.59. The van der Waals surface area contributed by atoms with Crippen LogP contribution in [0.2, 0.25) is 0 Å². The lowest BCUT2D eigenvalue weighted by molar-refractivity contribution is 0.0547. The van der Waals surface area contributed by atoms with Crippen LogP contribution in [0.1, 0.15) is 18.4 Å². The van der Waals surface area contributed by atoms with Crippen LogP contribution in [0.3, 0.4) is 0 Å². The van der Waals surface area contributed by atoms with Crippen molar-refractivity contribution in [3.05, 3.63) is 34.3 Å². The lowest BCUT2D eigenvalue weighted by Crippen LogP contribution is -2.17. The van der Waals surface area contributed by atoms with Crippen molar-refractivity contribution < 1.29 is 9.47 Å². The van der Waals surface area contributed by atoms with E-state index in [1.165, 1.54) is 0 Å². The molecule has 158 valence electrons. The number of anilines is 3. The summed E-state index contributed by atoms with van der Waals surface area (Å²) < 4.78 is 11.8. The van der Waals surface area contributed by atoms with Crippen molar-refractivity contribution in [3.63, 3.8) is 0 Å². The van der Waals surface area contributed by atoms with Crippen LogP contribution in [-0.4, -0.2) is 60.5 Å². The number of halogens is 1. The number of hydrogen-bond acceptors (Lipinski definition) is 9. The molecule has 0 unspecified atom stereocenters. The van der Waals surface area contributed by atoms with E-state index in [0.29, 0.717) is 69.9 Å². The summed E-state index contributed by atoms with van der Waals surface area (Å²) in [4.78, 5) is 13.4. The second kappa shape index (κ2) is 11.9. The minimum atomic E-state index is 0.460. The summed E-state index contributed by atoms with van der Waals surface area (Å²) in [7, 11) is 0. The molecule has 0 spiro atoms. The third-order valence-electron chi connectivity index (χ3n) is 4.07. The summed E-state index contributed by atoms with van der Waals surface area (Å²) in [6.45, 7) is 3.91. The number of ether oxygens (including phenoxy) is 2. The van der Waals surface area contributed by atoms with Crippen LogP contribution >= 0.6 is 15.9 Å². The van der Waals surface area contributed by atoms with Gasteiger partial charge in [-0.05, 0) is 30.5 Å². The van der Waals surface area contributed by atoms with Gasteiger partial charge in [-0.2, -0.15) is 15.0 Å². The molecular formula is C19H28BrN7O2. The van der Waals surface area contributed by atoms with Gasteiger partial charge in [-0.15, -0.1) is 0 Å². The molecule has 1 aromatic carbocycles. The summed E-state index contributed by atoms with van der Waals surface area (Å²) in [5, 5.41) is 9.79. The number of nitrogens with two attached hydrogens (primary N) is 1. The molecule has 0 bridgehead atoms. The predicted molar refractivity (Wildman–Crippen MR) is 117 cm³/mol. The minimum absolute atomic E-state index is 0.460. The molecule has 0 amide bonds. The van der Waals surface area contributed by atoms with Gasteiger partial charge in [-0.1, -0.05) is 28.1 Å². The van der Waals surface area contributed by atoms with Crippen LogP contribution in [-0.2, 0) is 16.0 Å². The Kier molecular flexibility index (Phi) is 8.87. The van der Waals surface area contributed by atoms with Gasteiger partial charge in [0, 0.05) is 30.1 Å². The van der Waals surface area contributed by atoms with E-state index >= 15 is 0 Å². The Bertz CT molecular complexity index is 744. The topological polar surface area (TPSA) is 119 Å². The van der Waals surface area contributed by atoms with Crippen molar-refractivity contribution in [2.75, 3.05) is 55.5 Å². The van der Waals surface area contributed by atoms with E-state index in [4.69, 9.17) is 15.2 Å². The van der Waals surface area contributed by atoms with Gasteiger partial charge >= 0.3 is 0 Å². The maximum absolute atomic E-state index is 5.52. The van der Waals surface area contributed by atoms with Crippen molar-refractivity contribution in [1.29, 1.82) is 0 Å². The molecule has 0 aliphatic heterocycles. The van der Waals surface area contributed by atoms with Gasteiger partial charge in [0.15, 0.2) is 0 Å². The molecule has 1 aromatic heterocycles. The lowest BCUT2D eigenvalue weighted by Gasteiger charge is -2.11. The van der Waals surface area contributed by atoms with Gasteiger partial charge in [0.2, 0.25) is 17.8 Å². The molecule has 1 aliphatic carbocycles. The van der Waals surface area contributed by atoms with Gasteiger partial charge in [0.1, 0.15) is 0 Å². The first-order chi connectivity index (χ1) is 14.2. The molecule has 0 saturated heterocycles. The molecule has 0 radical (unpaired) electrons. The Morgan fingerprint density at radius 3 is 2.24 bits per heavy atom.